The van der Waals surface area contributed by atoms with Crippen LogP contribution < -0.4 is 0 Å². The van der Waals surface area contributed by atoms with Crippen LogP contribution in [0.1, 0.15) is 11.3 Å². The van der Waals surface area contributed by atoms with Crippen LogP contribution in [0.25, 0.3) is 5.52 Å². The van der Waals surface area contributed by atoms with E-state index in [4.69, 9.17) is 23.2 Å². The molecule has 2 aromatic rings. The zero-order valence-electron chi connectivity index (χ0n) is 7.93. The molecule has 3 heteroatoms. The zero-order chi connectivity index (χ0) is 10.1. The molecule has 74 valence electrons. The minimum atomic E-state index is 0.623. The quantitative estimate of drug-likeness (QED) is 0.690. The summed E-state index contributed by atoms with van der Waals surface area (Å²) in [6, 6.07) is 6.01. The molecule has 0 unspecified atom stereocenters. The van der Waals surface area contributed by atoms with E-state index in [0.29, 0.717) is 5.88 Å². The van der Waals surface area contributed by atoms with Crippen molar-refractivity contribution in [1.29, 1.82) is 0 Å². The summed E-state index contributed by atoms with van der Waals surface area (Å²) in [7, 11) is 0. The fourth-order valence-corrected chi connectivity index (χ4v) is 2.20. The Morgan fingerprint density at radius 3 is 2.86 bits per heavy atom. The highest BCUT2D eigenvalue weighted by atomic mass is 35.5. The van der Waals surface area contributed by atoms with Gasteiger partial charge < -0.3 is 4.40 Å². The first-order chi connectivity index (χ1) is 6.75. The smallest absolute Gasteiger partial charge is 0.0693 e. The molecular weight excluding hydrogens is 217 g/mol. The predicted octanol–water partition coefficient (Wildman–Crippen LogP) is 3.68. The van der Waals surface area contributed by atoms with Crippen molar-refractivity contribution in [2.75, 3.05) is 5.88 Å². The Balaban J connectivity index is 2.74. The average Bonchev–Trinajstić information content (AvgIpc) is 2.45. The third-order valence-electron chi connectivity index (χ3n) is 2.47. The van der Waals surface area contributed by atoms with E-state index in [-0.39, 0.29) is 0 Å². The normalized spacial score (nSPS) is 11.1. The maximum atomic E-state index is 6.22. The number of fused-ring (bicyclic) bond motifs is 1. The number of aromatic nitrogens is 1. The molecule has 2 aromatic heterocycles. The summed E-state index contributed by atoms with van der Waals surface area (Å²) >= 11 is 12.0. The highest BCUT2D eigenvalue weighted by Gasteiger charge is 2.11. The van der Waals surface area contributed by atoms with Gasteiger partial charge in [0.1, 0.15) is 0 Å². The van der Waals surface area contributed by atoms with Gasteiger partial charge in [-0.05, 0) is 24.6 Å². The monoisotopic (exact) mass is 227 g/mol. The van der Waals surface area contributed by atoms with E-state index in [1.807, 2.05) is 31.3 Å². The summed E-state index contributed by atoms with van der Waals surface area (Å²) in [6.07, 6.45) is 2.88. The molecular formula is C11H11Cl2N. The predicted molar refractivity (Wildman–Crippen MR) is 61.6 cm³/mol. The van der Waals surface area contributed by atoms with Crippen LogP contribution in [-0.2, 0) is 6.42 Å². The number of halogens is 2. The van der Waals surface area contributed by atoms with E-state index in [0.717, 1.165) is 22.5 Å². The van der Waals surface area contributed by atoms with Crippen LogP contribution in [0.2, 0.25) is 5.02 Å². The van der Waals surface area contributed by atoms with Crippen molar-refractivity contribution in [2.45, 2.75) is 13.3 Å². The lowest BCUT2D eigenvalue weighted by Gasteiger charge is -2.00. The van der Waals surface area contributed by atoms with Gasteiger partial charge in [-0.1, -0.05) is 17.7 Å². The molecule has 14 heavy (non-hydrogen) atoms. The first-order valence-electron chi connectivity index (χ1n) is 4.55. The summed E-state index contributed by atoms with van der Waals surface area (Å²) < 4.78 is 2.11. The number of hydrogen-bond acceptors (Lipinski definition) is 0. The number of alkyl halides is 1. The van der Waals surface area contributed by atoms with E-state index in [9.17, 15) is 0 Å². The third kappa shape index (κ3) is 1.41. The van der Waals surface area contributed by atoms with Gasteiger partial charge in [-0.3, -0.25) is 0 Å². The second-order valence-corrected chi connectivity index (χ2v) is 4.04. The van der Waals surface area contributed by atoms with Gasteiger partial charge in [-0.25, -0.2) is 0 Å². The summed E-state index contributed by atoms with van der Waals surface area (Å²) in [4.78, 5) is 0. The van der Waals surface area contributed by atoms with Crippen LogP contribution in [0.15, 0.2) is 24.4 Å². The molecule has 0 N–H and O–H groups in total. The van der Waals surface area contributed by atoms with Crippen molar-refractivity contribution < 1.29 is 0 Å². The van der Waals surface area contributed by atoms with E-state index in [1.54, 1.807) is 0 Å². The maximum Gasteiger partial charge on any atom is 0.0693 e. The molecule has 0 saturated carbocycles. The second kappa shape index (κ2) is 3.84. The number of rotatable bonds is 2. The number of pyridine rings is 1. The standard InChI is InChI=1S/C11H11Cl2N/c1-8-9(5-6-12)14-7-3-2-4-10(14)11(8)13/h2-4,7H,5-6H2,1H3. The molecule has 0 aliphatic heterocycles. The lowest BCUT2D eigenvalue weighted by Crippen LogP contribution is -1.94. The summed E-state index contributed by atoms with van der Waals surface area (Å²) in [5, 5.41) is 0.839. The van der Waals surface area contributed by atoms with Gasteiger partial charge in [0.05, 0.1) is 10.5 Å². The van der Waals surface area contributed by atoms with Crippen LogP contribution >= 0.6 is 23.2 Å². The highest BCUT2D eigenvalue weighted by Crippen LogP contribution is 2.27. The van der Waals surface area contributed by atoms with Crippen LogP contribution in [0.5, 0.6) is 0 Å². The Hall–Kier alpha value is -0.660. The number of hydrogen-bond donors (Lipinski definition) is 0. The average molecular weight is 228 g/mol. The molecule has 0 radical (unpaired) electrons. The van der Waals surface area contributed by atoms with E-state index in [2.05, 4.69) is 4.40 Å². The molecule has 0 amide bonds. The van der Waals surface area contributed by atoms with E-state index < -0.39 is 0 Å². The van der Waals surface area contributed by atoms with Crippen LogP contribution in [0.4, 0.5) is 0 Å². The van der Waals surface area contributed by atoms with Crippen LogP contribution in [-0.4, -0.2) is 10.3 Å². The van der Waals surface area contributed by atoms with Gasteiger partial charge in [0.25, 0.3) is 0 Å². The summed E-state index contributed by atoms with van der Waals surface area (Å²) in [6.45, 7) is 2.04. The van der Waals surface area contributed by atoms with Crippen LogP contribution in [0.3, 0.4) is 0 Å². The van der Waals surface area contributed by atoms with Gasteiger partial charge in [-0.2, -0.15) is 0 Å². The van der Waals surface area contributed by atoms with Crippen molar-refractivity contribution in [3.05, 3.63) is 40.7 Å². The fraction of sp³-hybridized carbons (Fsp3) is 0.273. The Kier molecular flexibility index (Phi) is 2.71. The van der Waals surface area contributed by atoms with Crippen molar-refractivity contribution in [1.82, 2.24) is 4.40 Å². The Labute approximate surface area is 93.3 Å². The molecule has 0 aliphatic rings. The van der Waals surface area contributed by atoms with Gasteiger partial charge in [0.2, 0.25) is 0 Å². The van der Waals surface area contributed by atoms with E-state index in [1.165, 1.54) is 5.69 Å². The minimum absolute atomic E-state index is 0.623. The fourth-order valence-electron chi connectivity index (χ4n) is 1.75. The second-order valence-electron chi connectivity index (χ2n) is 3.28. The van der Waals surface area contributed by atoms with E-state index >= 15 is 0 Å². The Bertz CT molecular complexity index is 460. The van der Waals surface area contributed by atoms with Crippen molar-refractivity contribution in [3.8, 4) is 0 Å². The van der Waals surface area contributed by atoms with Gasteiger partial charge in [0.15, 0.2) is 0 Å². The van der Waals surface area contributed by atoms with Crippen molar-refractivity contribution in [2.24, 2.45) is 0 Å². The molecule has 0 atom stereocenters. The first-order valence-corrected chi connectivity index (χ1v) is 5.47. The SMILES string of the molecule is Cc1c(Cl)c2ccccn2c1CCCl. The topological polar surface area (TPSA) is 4.41 Å². The van der Waals surface area contributed by atoms with Crippen LogP contribution in [0, 0.1) is 6.92 Å². The molecule has 0 spiro atoms. The Morgan fingerprint density at radius 1 is 1.36 bits per heavy atom. The van der Waals surface area contributed by atoms with Gasteiger partial charge in [0, 0.05) is 24.2 Å². The Morgan fingerprint density at radius 2 is 2.14 bits per heavy atom. The molecule has 0 fully saturated rings. The molecule has 0 aliphatic carbocycles. The maximum absolute atomic E-state index is 6.22. The molecule has 1 nitrogen and oxygen atoms in total. The number of nitrogens with zero attached hydrogens (tertiary/aromatic N) is 1. The van der Waals surface area contributed by atoms with Gasteiger partial charge >= 0.3 is 0 Å². The first kappa shape index (κ1) is 9.88. The van der Waals surface area contributed by atoms with Crippen molar-refractivity contribution >= 4 is 28.7 Å². The third-order valence-corrected chi connectivity index (χ3v) is 3.14. The lowest BCUT2D eigenvalue weighted by atomic mass is 10.2. The minimum Gasteiger partial charge on any atom is -0.319 e. The summed E-state index contributed by atoms with van der Waals surface area (Å²) in [5.41, 5.74) is 3.41. The largest absolute Gasteiger partial charge is 0.319 e. The van der Waals surface area contributed by atoms with Gasteiger partial charge in [-0.15, -0.1) is 11.6 Å². The summed E-state index contributed by atoms with van der Waals surface area (Å²) in [5.74, 6) is 0.623. The highest BCUT2D eigenvalue weighted by molar-refractivity contribution is 6.35. The zero-order valence-corrected chi connectivity index (χ0v) is 9.44. The molecule has 0 aromatic carbocycles. The molecule has 2 rings (SSSR count). The number of aryl methyl sites for hydroxylation is 1. The van der Waals surface area contributed by atoms with Crippen molar-refractivity contribution in [3.63, 3.8) is 0 Å². The molecule has 0 saturated heterocycles. The molecule has 0 bridgehead atoms. The molecule has 2 heterocycles. The lowest BCUT2D eigenvalue weighted by molar-refractivity contribution is 0.984.